The van der Waals surface area contributed by atoms with Crippen LogP contribution < -0.4 is 5.32 Å². The van der Waals surface area contributed by atoms with Gasteiger partial charge in [-0.25, -0.2) is 0 Å². The highest BCUT2D eigenvalue weighted by atomic mass is 16.1. The molecule has 0 aliphatic heterocycles. The van der Waals surface area contributed by atoms with Gasteiger partial charge >= 0.3 is 0 Å². The van der Waals surface area contributed by atoms with Crippen LogP contribution in [0.5, 0.6) is 0 Å². The van der Waals surface area contributed by atoms with Crippen LogP contribution in [0.15, 0.2) is 55.0 Å². The number of pyridine rings is 1. The van der Waals surface area contributed by atoms with Crippen molar-refractivity contribution in [2.75, 3.05) is 5.32 Å². The first kappa shape index (κ1) is 16.9. The fraction of sp³-hybridized carbons (Fsp3) is 0.250. The Morgan fingerprint density at radius 1 is 1.12 bits per heavy atom. The first-order chi connectivity index (χ1) is 12.1. The SMILES string of the molecule is Cc1ccc(C)c(CC(=O)Nc2ccn(CCc3ccncc3)n2)c1. The van der Waals surface area contributed by atoms with Crippen LogP contribution in [0.3, 0.4) is 0 Å². The molecule has 1 amide bonds. The lowest BCUT2D eigenvalue weighted by Crippen LogP contribution is -2.16. The maximum atomic E-state index is 12.3. The minimum absolute atomic E-state index is 0.0481. The summed E-state index contributed by atoms with van der Waals surface area (Å²) in [6, 6.07) is 12.0. The number of nitrogens with zero attached hydrogens (tertiary/aromatic N) is 3. The van der Waals surface area contributed by atoms with E-state index in [-0.39, 0.29) is 5.91 Å². The lowest BCUT2D eigenvalue weighted by atomic mass is 10.0. The molecule has 2 heterocycles. The summed E-state index contributed by atoms with van der Waals surface area (Å²) in [5, 5.41) is 7.29. The minimum atomic E-state index is -0.0481. The molecule has 0 unspecified atom stereocenters. The van der Waals surface area contributed by atoms with Crippen molar-refractivity contribution in [1.82, 2.24) is 14.8 Å². The van der Waals surface area contributed by atoms with Gasteiger partial charge in [-0.1, -0.05) is 23.8 Å². The molecular formula is C20H22N4O. The molecule has 0 aliphatic carbocycles. The molecular weight excluding hydrogens is 312 g/mol. The summed E-state index contributed by atoms with van der Waals surface area (Å²) in [6.07, 6.45) is 6.70. The van der Waals surface area contributed by atoms with Crippen LogP contribution in [-0.4, -0.2) is 20.7 Å². The number of aryl methyl sites for hydroxylation is 4. The van der Waals surface area contributed by atoms with E-state index in [9.17, 15) is 4.79 Å². The first-order valence-corrected chi connectivity index (χ1v) is 8.38. The Morgan fingerprint density at radius 3 is 2.72 bits per heavy atom. The van der Waals surface area contributed by atoms with Crippen LogP contribution in [0.25, 0.3) is 0 Å². The number of anilines is 1. The van der Waals surface area contributed by atoms with Gasteiger partial charge in [-0.3, -0.25) is 14.5 Å². The predicted molar refractivity (Wildman–Crippen MR) is 98.4 cm³/mol. The van der Waals surface area contributed by atoms with Gasteiger partial charge in [-0.15, -0.1) is 0 Å². The van der Waals surface area contributed by atoms with Crippen molar-refractivity contribution in [1.29, 1.82) is 0 Å². The maximum absolute atomic E-state index is 12.3. The molecule has 1 aromatic carbocycles. The van der Waals surface area contributed by atoms with Gasteiger partial charge < -0.3 is 5.32 Å². The van der Waals surface area contributed by atoms with E-state index in [1.54, 1.807) is 12.4 Å². The molecule has 2 aromatic heterocycles. The van der Waals surface area contributed by atoms with Gasteiger partial charge in [0.15, 0.2) is 5.82 Å². The van der Waals surface area contributed by atoms with Gasteiger partial charge in [0.2, 0.25) is 5.91 Å². The van der Waals surface area contributed by atoms with Crippen molar-refractivity contribution in [3.63, 3.8) is 0 Å². The van der Waals surface area contributed by atoms with Crippen molar-refractivity contribution in [2.45, 2.75) is 33.2 Å². The molecule has 0 spiro atoms. The summed E-state index contributed by atoms with van der Waals surface area (Å²) < 4.78 is 1.84. The second-order valence-corrected chi connectivity index (χ2v) is 6.22. The van der Waals surface area contributed by atoms with E-state index >= 15 is 0 Å². The zero-order chi connectivity index (χ0) is 17.6. The first-order valence-electron chi connectivity index (χ1n) is 8.38. The summed E-state index contributed by atoms with van der Waals surface area (Å²) in [7, 11) is 0. The number of aromatic nitrogens is 3. The largest absolute Gasteiger partial charge is 0.309 e. The third kappa shape index (κ3) is 4.76. The molecule has 5 heteroatoms. The van der Waals surface area contributed by atoms with Gasteiger partial charge in [0.1, 0.15) is 0 Å². The minimum Gasteiger partial charge on any atom is -0.309 e. The highest BCUT2D eigenvalue weighted by Crippen LogP contribution is 2.12. The molecule has 0 aliphatic rings. The number of amides is 1. The molecule has 0 saturated carbocycles. The topological polar surface area (TPSA) is 59.8 Å². The van der Waals surface area contributed by atoms with Crippen molar-refractivity contribution in [2.24, 2.45) is 0 Å². The smallest absolute Gasteiger partial charge is 0.230 e. The molecule has 0 saturated heterocycles. The number of carbonyl (C=O) groups is 1. The normalized spacial score (nSPS) is 10.6. The Bertz CT molecular complexity index is 855. The number of hydrogen-bond acceptors (Lipinski definition) is 3. The van der Waals surface area contributed by atoms with Crippen molar-refractivity contribution in [3.8, 4) is 0 Å². The Balaban J connectivity index is 1.55. The maximum Gasteiger partial charge on any atom is 0.230 e. The van der Waals surface area contributed by atoms with Gasteiger partial charge in [0.05, 0.1) is 6.42 Å². The zero-order valence-electron chi connectivity index (χ0n) is 14.6. The molecule has 0 bridgehead atoms. The highest BCUT2D eigenvalue weighted by Gasteiger charge is 2.08. The average Bonchev–Trinajstić information content (AvgIpc) is 3.04. The van der Waals surface area contributed by atoms with E-state index in [1.807, 2.05) is 49.0 Å². The van der Waals surface area contributed by atoms with Crippen molar-refractivity contribution < 1.29 is 4.79 Å². The van der Waals surface area contributed by atoms with Gasteiger partial charge in [0.25, 0.3) is 0 Å². The third-order valence-corrected chi connectivity index (χ3v) is 4.14. The standard InChI is InChI=1S/C20H22N4O/c1-15-3-4-16(2)18(13-15)14-20(25)22-19-8-12-24(23-19)11-7-17-5-9-21-10-6-17/h3-6,8-10,12-13H,7,11,14H2,1-2H3,(H,22,23,25). The zero-order valence-corrected chi connectivity index (χ0v) is 14.6. The van der Waals surface area contributed by atoms with E-state index in [0.29, 0.717) is 12.2 Å². The van der Waals surface area contributed by atoms with Crippen LogP contribution in [0.2, 0.25) is 0 Å². The number of hydrogen-bond donors (Lipinski definition) is 1. The Labute approximate surface area is 147 Å². The van der Waals surface area contributed by atoms with Gasteiger partial charge in [-0.2, -0.15) is 5.10 Å². The molecule has 3 rings (SSSR count). The highest BCUT2D eigenvalue weighted by molar-refractivity contribution is 5.91. The summed E-state index contributed by atoms with van der Waals surface area (Å²) >= 11 is 0. The fourth-order valence-electron chi connectivity index (χ4n) is 2.70. The van der Waals surface area contributed by atoms with E-state index in [1.165, 1.54) is 5.56 Å². The lowest BCUT2D eigenvalue weighted by molar-refractivity contribution is -0.115. The second-order valence-electron chi connectivity index (χ2n) is 6.22. The van der Waals surface area contributed by atoms with E-state index in [2.05, 4.69) is 27.5 Å². The summed E-state index contributed by atoms with van der Waals surface area (Å²) in [6.45, 7) is 4.82. The molecule has 0 fully saturated rings. The van der Waals surface area contributed by atoms with E-state index < -0.39 is 0 Å². The number of carbonyl (C=O) groups excluding carboxylic acids is 1. The molecule has 0 radical (unpaired) electrons. The van der Waals surface area contributed by atoms with Crippen LogP contribution in [0.4, 0.5) is 5.82 Å². The quantitative estimate of drug-likeness (QED) is 0.752. The Kier molecular flexibility index (Phi) is 5.23. The van der Waals surface area contributed by atoms with Crippen LogP contribution in [0, 0.1) is 13.8 Å². The summed E-state index contributed by atoms with van der Waals surface area (Å²) in [4.78, 5) is 16.3. The van der Waals surface area contributed by atoms with Crippen LogP contribution in [0.1, 0.15) is 22.3 Å². The predicted octanol–water partition coefficient (Wildman–Crippen LogP) is 3.32. The average molecular weight is 334 g/mol. The number of benzene rings is 1. The molecule has 3 aromatic rings. The van der Waals surface area contributed by atoms with E-state index in [0.717, 1.165) is 29.7 Å². The monoisotopic (exact) mass is 334 g/mol. The van der Waals surface area contributed by atoms with Crippen LogP contribution in [-0.2, 0) is 24.2 Å². The molecule has 5 nitrogen and oxygen atoms in total. The number of nitrogens with one attached hydrogen (secondary N) is 1. The van der Waals surface area contributed by atoms with Gasteiger partial charge in [0, 0.05) is 31.2 Å². The number of rotatable bonds is 6. The van der Waals surface area contributed by atoms with Gasteiger partial charge in [-0.05, 0) is 49.1 Å². The fourth-order valence-corrected chi connectivity index (χ4v) is 2.70. The Hall–Kier alpha value is -2.95. The summed E-state index contributed by atoms with van der Waals surface area (Å²) in [5.41, 5.74) is 4.55. The molecule has 1 N–H and O–H groups in total. The third-order valence-electron chi connectivity index (χ3n) is 4.14. The molecule has 0 atom stereocenters. The summed E-state index contributed by atoms with van der Waals surface area (Å²) in [5.74, 6) is 0.540. The lowest BCUT2D eigenvalue weighted by Gasteiger charge is -2.07. The molecule has 128 valence electrons. The Morgan fingerprint density at radius 2 is 1.92 bits per heavy atom. The van der Waals surface area contributed by atoms with Crippen molar-refractivity contribution in [3.05, 3.63) is 77.2 Å². The van der Waals surface area contributed by atoms with E-state index in [4.69, 9.17) is 0 Å². The van der Waals surface area contributed by atoms with Crippen LogP contribution >= 0.6 is 0 Å². The second kappa shape index (κ2) is 7.75. The molecule has 25 heavy (non-hydrogen) atoms. The van der Waals surface area contributed by atoms with Crippen molar-refractivity contribution >= 4 is 11.7 Å².